The monoisotopic (exact) mass is 590 g/mol. The molecular weight excluding hydrogens is 556 g/mol. The fourth-order valence-electron chi connectivity index (χ4n) is 6.69. The van der Waals surface area contributed by atoms with Gasteiger partial charge in [0.15, 0.2) is 28.6 Å². The summed E-state index contributed by atoms with van der Waals surface area (Å²) in [5, 5.41) is 24.7. The first-order chi connectivity index (χ1) is 20.9. The third-order valence-corrected chi connectivity index (χ3v) is 8.62. The van der Waals surface area contributed by atoms with E-state index < -0.39 is 36.0 Å². The fraction of sp³-hybridized carbons (Fsp3) is 0.406. The molecule has 0 saturated heterocycles. The van der Waals surface area contributed by atoms with Crippen LogP contribution in [0, 0.1) is 0 Å². The molecule has 3 aliphatic rings. The van der Waals surface area contributed by atoms with Crippen molar-refractivity contribution in [3.8, 4) is 17.2 Å². The molecule has 4 atom stereocenters. The van der Waals surface area contributed by atoms with Gasteiger partial charge in [0.2, 0.25) is 5.91 Å². The minimum absolute atomic E-state index is 0.0122. The van der Waals surface area contributed by atoms with E-state index in [-0.39, 0.29) is 30.5 Å². The molecule has 0 spiro atoms. The molecule has 3 aromatic rings. The zero-order valence-electron chi connectivity index (χ0n) is 23.9. The molecule has 2 amide bonds. The number of amides is 2. The van der Waals surface area contributed by atoms with Crippen molar-refractivity contribution in [2.24, 2.45) is 0 Å². The largest absolute Gasteiger partial charge is 0.493 e. The number of aliphatic hydroxyl groups is 2. The molecule has 2 aromatic carbocycles. The highest BCUT2D eigenvalue weighted by Gasteiger charge is 2.52. The lowest BCUT2D eigenvalue weighted by Gasteiger charge is -2.42. The molecular formula is C32H34N2O9. The Kier molecular flexibility index (Phi) is 7.85. The van der Waals surface area contributed by atoms with Crippen molar-refractivity contribution in [2.45, 2.75) is 55.9 Å². The van der Waals surface area contributed by atoms with Gasteiger partial charge in [-0.05, 0) is 43.2 Å². The molecule has 6 rings (SSSR count). The molecule has 0 bridgehead atoms. The van der Waals surface area contributed by atoms with E-state index in [0.29, 0.717) is 45.6 Å². The first-order valence-corrected chi connectivity index (χ1v) is 14.4. The van der Waals surface area contributed by atoms with E-state index in [1.54, 1.807) is 29.2 Å². The Labute approximate surface area is 248 Å². The number of nitrogens with zero attached hydrogens (tertiary/aromatic N) is 1. The quantitative estimate of drug-likeness (QED) is 0.320. The van der Waals surface area contributed by atoms with Crippen molar-refractivity contribution in [3.63, 3.8) is 0 Å². The molecule has 1 fully saturated rings. The standard InChI is InChI=1S/C32H34N2O9/c1-40-23-9-5-6-18-14-25(42-28(18)23)32(39)34(19-7-3-4-8-19)22-15-21(31(38)33-10-11-35)26-20-12-17(16-36)13-24(41-2)29(20)43-30(26)27(22)37/h5-6,9,12-16,19,22,26-27,30,35,37H,3-4,7-8,10-11H2,1-2H3,(H,33,38)/t22-,26+,27+,30+/m1/s1. The third-order valence-electron chi connectivity index (χ3n) is 8.62. The summed E-state index contributed by atoms with van der Waals surface area (Å²) in [6.45, 7) is -0.254. The van der Waals surface area contributed by atoms with Gasteiger partial charge in [-0.3, -0.25) is 14.4 Å². The van der Waals surface area contributed by atoms with E-state index in [1.165, 1.54) is 20.3 Å². The number of carbonyl (C=O) groups excluding carboxylic acids is 3. The molecule has 1 aromatic heterocycles. The van der Waals surface area contributed by atoms with Gasteiger partial charge in [0, 0.05) is 34.7 Å². The van der Waals surface area contributed by atoms with E-state index in [9.17, 15) is 24.6 Å². The SMILES string of the molecule is COc1cc(C=O)cc2c1O[C@@H]1[C@@H](O)[C@H](N(C(=O)c3cc4cccc(OC)c4o3)C3CCCC3)C=C(C(=O)NCCO)[C@H]21. The summed E-state index contributed by atoms with van der Waals surface area (Å²) in [5.74, 6) is -0.429. The molecule has 3 N–H and O–H groups in total. The molecule has 2 heterocycles. The summed E-state index contributed by atoms with van der Waals surface area (Å²) < 4.78 is 23.2. The second-order valence-corrected chi connectivity index (χ2v) is 11.0. The minimum Gasteiger partial charge on any atom is -0.493 e. The maximum Gasteiger partial charge on any atom is 0.290 e. The van der Waals surface area contributed by atoms with Gasteiger partial charge < -0.3 is 39.1 Å². The number of ether oxygens (including phenoxy) is 3. The highest BCUT2D eigenvalue weighted by Crippen LogP contribution is 2.51. The topological polar surface area (TPSA) is 148 Å². The Balaban J connectivity index is 1.46. The van der Waals surface area contributed by atoms with Crippen LogP contribution in [0.15, 0.2) is 52.5 Å². The number of rotatable bonds is 9. The van der Waals surface area contributed by atoms with E-state index in [1.807, 2.05) is 12.1 Å². The molecule has 0 radical (unpaired) electrons. The number of aldehydes is 1. The second kappa shape index (κ2) is 11.7. The van der Waals surface area contributed by atoms with Crippen LogP contribution in [-0.4, -0.2) is 84.9 Å². The van der Waals surface area contributed by atoms with Crippen LogP contribution in [0.4, 0.5) is 0 Å². The third kappa shape index (κ3) is 4.92. The highest BCUT2D eigenvalue weighted by atomic mass is 16.5. The van der Waals surface area contributed by atoms with Crippen LogP contribution >= 0.6 is 0 Å². The average molecular weight is 591 g/mol. The van der Waals surface area contributed by atoms with Crippen molar-refractivity contribution in [1.82, 2.24) is 10.2 Å². The Hall–Kier alpha value is -4.35. The van der Waals surface area contributed by atoms with Crippen LogP contribution in [0.25, 0.3) is 11.0 Å². The predicted molar refractivity (Wildman–Crippen MR) is 155 cm³/mol. The molecule has 0 unspecified atom stereocenters. The Morgan fingerprint density at radius 2 is 1.88 bits per heavy atom. The van der Waals surface area contributed by atoms with Crippen molar-refractivity contribution < 1.29 is 43.2 Å². The number of carbonyl (C=O) groups is 3. The molecule has 43 heavy (non-hydrogen) atoms. The average Bonchev–Trinajstić information content (AvgIpc) is 3.79. The number of nitrogens with one attached hydrogen (secondary N) is 1. The second-order valence-electron chi connectivity index (χ2n) is 11.0. The van der Waals surface area contributed by atoms with Crippen LogP contribution in [0.1, 0.15) is 58.1 Å². The summed E-state index contributed by atoms with van der Waals surface area (Å²) in [4.78, 5) is 41.2. The Morgan fingerprint density at radius 1 is 1.12 bits per heavy atom. The Bertz CT molecular complexity index is 1590. The minimum atomic E-state index is -1.24. The number of aliphatic hydroxyl groups excluding tert-OH is 2. The van der Waals surface area contributed by atoms with Crippen molar-refractivity contribution in [3.05, 3.63) is 64.9 Å². The molecule has 11 nitrogen and oxygen atoms in total. The van der Waals surface area contributed by atoms with Crippen LogP contribution in [0.3, 0.4) is 0 Å². The fourth-order valence-corrected chi connectivity index (χ4v) is 6.69. The van der Waals surface area contributed by atoms with Crippen LogP contribution in [0.2, 0.25) is 0 Å². The van der Waals surface area contributed by atoms with Crippen molar-refractivity contribution in [2.75, 3.05) is 27.4 Å². The van der Waals surface area contributed by atoms with Gasteiger partial charge in [0.25, 0.3) is 5.91 Å². The predicted octanol–water partition coefficient (Wildman–Crippen LogP) is 2.97. The first-order valence-electron chi connectivity index (χ1n) is 14.4. The van der Waals surface area contributed by atoms with Crippen LogP contribution in [-0.2, 0) is 4.79 Å². The summed E-state index contributed by atoms with van der Waals surface area (Å²) >= 11 is 0. The molecule has 226 valence electrons. The number of hydrogen-bond acceptors (Lipinski definition) is 9. The van der Waals surface area contributed by atoms with Crippen molar-refractivity contribution in [1.29, 1.82) is 0 Å². The summed E-state index contributed by atoms with van der Waals surface area (Å²) in [6.07, 6.45) is 3.39. The number of hydrogen-bond donors (Lipinski definition) is 3. The van der Waals surface area contributed by atoms with E-state index in [0.717, 1.165) is 25.7 Å². The number of fused-ring (bicyclic) bond motifs is 4. The number of methoxy groups -OCH3 is 2. The summed E-state index contributed by atoms with van der Waals surface area (Å²) in [6, 6.07) is 9.05. The molecule has 11 heteroatoms. The molecule has 1 aliphatic heterocycles. The van der Waals surface area contributed by atoms with Crippen LogP contribution in [0.5, 0.6) is 17.2 Å². The van der Waals surface area contributed by atoms with Gasteiger partial charge >= 0.3 is 0 Å². The zero-order valence-corrected chi connectivity index (χ0v) is 23.9. The molecule has 2 aliphatic carbocycles. The van der Waals surface area contributed by atoms with Gasteiger partial charge in [-0.1, -0.05) is 25.0 Å². The van der Waals surface area contributed by atoms with E-state index in [4.69, 9.17) is 18.6 Å². The lowest BCUT2D eigenvalue weighted by atomic mass is 9.77. The van der Waals surface area contributed by atoms with Crippen LogP contribution < -0.4 is 19.5 Å². The number of furan rings is 1. The Morgan fingerprint density at radius 3 is 2.58 bits per heavy atom. The maximum absolute atomic E-state index is 14.3. The number of benzene rings is 2. The van der Waals surface area contributed by atoms with Gasteiger partial charge in [0.1, 0.15) is 18.5 Å². The highest BCUT2D eigenvalue weighted by molar-refractivity contribution is 5.99. The lowest BCUT2D eigenvalue weighted by molar-refractivity contribution is -0.118. The van der Waals surface area contributed by atoms with E-state index in [2.05, 4.69) is 5.32 Å². The normalized spacial score (nSPS) is 22.7. The molecule has 1 saturated carbocycles. The smallest absolute Gasteiger partial charge is 0.290 e. The van der Waals surface area contributed by atoms with Gasteiger partial charge in [-0.2, -0.15) is 0 Å². The van der Waals surface area contributed by atoms with Gasteiger partial charge in [-0.15, -0.1) is 0 Å². The van der Waals surface area contributed by atoms with Crippen molar-refractivity contribution >= 4 is 29.1 Å². The summed E-state index contributed by atoms with van der Waals surface area (Å²) in [5.41, 5.74) is 1.56. The lowest BCUT2D eigenvalue weighted by Crippen LogP contribution is -2.58. The van der Waals surface area contributed by atoms with E-state index >= 15 is 0 Å². The summed E-state index contributed by atoms with van der Waals surface area (Å²) in [7, 11) is 2.97. The van der Waals surface area contributed by atoms with Gasteiger partial charge in [-0.25, -0.2) is 0 Å². The zero-order chi connectivity index (χ0) is 30.2. The first kappa shape index (κ1) is 28.8. The maximum atomic E-state index is 14.3. The number of para-hydroxylation sites is 1. The van der Waals surface area contributed by atoms with Gasteiger partial charge in [0.05, 0.1) is 32.8 Å².